The molecular weight excluding hydrogens is 617 g/mol. The topological polar surface area (TPSA) is 85.5 Å². The summed E-state index contributed by atoms with van der Waals surface area (Å²) < 4.78 is 78.3. The van der Waals surface area contributed by atoms with Crippen LogP contribution in [0.25, 0.3) is 22.0 Å². The Hall–Kier alpha value is -5.03. The molecule has 0 spiro atoms. The maximum atomic E-state index is 14.8. The zero-order chi connectivity index (χ0) is 32.2. The Balaban J connectivity index is 1.74. The molecule has 45 heavy (non-hydrogen) atoms. The Kier molecular flexibility index (Phi) is 7.44. The van der Waals surface area contributed by atoms with Gasteiger partial charge in [0.05, 0.1) is 35.4 Å². The van der Waals surface area contributed by atoms with E-state index in [-0.39, 0.29) is 45.4 Å². The second kappa shape index (κ2) is 11.2. The summed E-state index contributed by atoms with van der Waals surface area (Å²) >= 11 is 6.58. The number of amides is 2. The summed E-state index contributed by atoms with van der Waals surface area (Å²) in [5, 5.41) is 0.330. The van der Waals surface area contributed by atoms with E-state index in [4.69, 9.17) is 22.1 Å². The molecule has 2 amide bonds. The first-order valence-electron chi connectivity index (χ1n) is 13.4. The van der Waals surface area contributed by atoms with Crippen LogP contribution >= 0.6 is 11.6 Å². The highest BCUT2D eigenvalue weighted by molar-refractivity contribution is 6.31. The van der Waals surface area contributed by atoms with Crippen molar-refractivity contribution >= 4 is 34.3 Å². The van der Waals surface area contributed by atoms with Gasteiger partial charge >= 0.3 is 6.18 Å². The summed E-state index contributed by atoms with van der Waals surface area (Å²) in [5.74, 6) is -3.43. The Morgan fingerprint density at radius 2 is 1.73 bits per heavy atom. The molecular formula is C33H21ClF5N3O3. The first-order valence-corrected chi connectivity index (χ1v) is 13.8. The van der Waals surface area contributed by atoms with E-state index in [1.54, 1.807) is 36.4 Å². The van der Waals surface area contributed by atoms with Crippen LogP contribution < -0.4 is 10.5 Å². The fourth-order valence-electron chi connectivity index (χ4n) is 5.83. The summed E-state index contributed by atoms with van der Waals surface area (Å²) in [5.41, 5.74) is 3.08. The third-order valence-electron chi connectivity index (χ3n) is 7.72. The van der Waals surface area contributed by atoms with Crippen molar-refractivity contribution < 1.29 is 36.3 Å². The van der Waals surface area contributed by atoms with Gasteiger partial charge < -0.3 is 15.4 Å². The van der Waals surface area contributed by atoms with Crippen molar-refractivity contribution in [3.63, 3.8) is 0 Å². The first kappa shape index (κ1) is 30.0. The summed E-state index contributed by atoms with van der Waals surface area (Å²) in [6.45, 7) is -0.0750. The maximum absolute atomic E-state index is 14.8. The molecule has 1 atom stereocenters. The third kappa shape index (κ3) is 5.22. The van der Waals surface area contributed by atoms with E-state index in [9.17, 15) is 31.5 Å². The molecule has 0 radical (unpaired) electrons. The SMILES string of the molecule is COc1ccc(CN2C(=O)c3c(c(-c4c(C(N)=O)cc(F)cc4C(F)(F)F)cc4ncccc34)C2c2cc(F)ccc2Cl)cc1. The number of pyridine rings is 1. The Bertz CT molecular complexity index is 2010. The molecule has 6 nitrogen and oxygen atoms in total. The van der Waals surface area contributed by atoms with E-state index in [2.05, 4.69) is 4.98 Å². The largest absolute Gasteiger partial charge is 0.497 e. The minimum absolute atomic E-state index is 0.00104. The average Bonchev–Trinajstić information content (AvgIpc) is 3.29. The third-order valence-corrected chi connectivity index (χ3v) is 8.06. The lowest BCUT2D eigenvalue weighted by atomic mass is 9.84. The summed E-state index contributed by atoms with van der Waals surface area (Å²) in [6.07, 6.45) is -3.76. The number of carbonyl (C=O) groups excluding carboxylic acids is 2. The molecule has 6 rings (SSSR count). The van der Waals surface area contributed by atoms with Crippen LogP contribution in [0, 0.1) is 11.6 Å². The van der Waals surface area contributed by atoms with Gasteiger partial charge in [-0.15, -0.1) is 0 Å². The lowest BCUT2D eigenvalue weighted by Crippen LogP contribution is -2.28. The average molecular weight is 638 g/mol. The quantitative estimate of drug-likeness (QED) is 0.193. The van der Waals surface area contributed by atoms with Crippen molar-refractivity contribution in [2.75, 3.05) is 7.11 Å². The van der Waals surface area contributed by atoms with E-state index in [1.807, 2.05) is 0 Å². The number of fused-ring (bicyclic) bond motifs is 3. The fourth-order valence-corrected chi connectivity index (χ4v) is 6.05. The van der Waals surface area contributed by atoms with Crippen molar-refractivity contribution in [1.29, 1.82) is 0 Å². The number of carbonyl (C=O) groups is 2. The molecule has 228 valence electrons. The van der Waals surface area contributed by atoms with Crippen LogP contribution in [0.2, 0.25) is 5.02 Å². The predicted molar refractivity (Wildman–Crippen MR) is 157 cm³/mol. The molecule has 1 aromatic heterocycles. The smallest absolute Gasteiger partial charge is 0.417 e. The fraction of sp³-hybridized carbons (Fsp3) is 0.121. The number of methoxy groups -OCH3 is 1. The zero-order valence-electron chi connectivity index (χ0n) is 23.3. The van der Waals surface area contributed by atoms with Gasteiger partial charge in [-0.25, -0.2) is 8.78 Å². The lowest BCUT2D eigenvalue weighted by Gasteiger charge is -2.28. The minimum Gasteiger partial charge on any atom is -0.497 e. The minimum atomic E-state index is -5.15. The van der Waals surface area contributed by atoms with E-state index in [0.29, 0.717) is 22.8 Å². The molecule has 12 heteroatoms. The highest BCUT2D eigenvalue weighted by Gasteiger charge is 2.45. The van der Waals surface area contributed by atoms with Crippen LogP contribution in [0.5, 0.6) is 5.75 Å². The Labute approximate surface area is 257 Å². The van der Waals surface area contributed by atoms with Crippen LogP contribution in [-0.4, -0.2) is 28.8 Å². The molecule has 0 saturated heterocycles. The normalized spacial score (nSPS) is 14.6. The van der Waals surface area contributed by atoms with Gasteiger partial charge in [0.15, 0.2) is 0 Å². The number of ether oxygens (including phenoxy) is 1. The van der Waals surface area contributed by atoms with Gasteiger partial charge in [0.2, 0.25) is 5.91 Å². The summed E-state index contributed by atoms with van der Waals surface area (Å²) in [7, 11) is 1.49. The molecule has 0 aliphatic carbocycles. The van der Waals surface area contributed by atoms with Crippen molar-refractivity contribution in [3.8, 4) is 16.9 Å². The number of nitrogens with two attached hydrogens (primary N) is 1. The first-order chi connectivity index (χ1) is 21.4. The van der Waals surface area contributed by atoms with Crippen molar-refractivity contribution in [1.82, 2.24) is 9.88 Å². The molecule has 1 unspecified atom stereocenters. The Morgan fingerprint density at radius 1 is 1.00 bits per heavy atom. The number of hydrogen-bond acceptors (Lipinski definition) is 4. The van der Waals surface area contributed by atoms with Gasteiger partial charge in [0.25, 0.3) is 5.91 Å². The maximum Gasteiger partial charge on any atom is 0.417 e. The number of nitrogens with zero attached hydrogens (tertiary/aromatic N) is 2. The number of aromatic nitrogens is 1. The molecule has 4 aromatic carbocycles. The van der Waals surface area contributed by atoms with Gasteiger partial charge in [-0.3, -0.25) is 14.6 Å². The molecule has 0 bridgehead atoms. The molecule has 2 N–H and O–H groups in total. The molecule has 5 aromatic rings. The van der Waals surface area contributed by atoms with Crippen LogP contribution in [0.4, 0.5) is 22.0 Å². The summed E-state index contributed by atoms with van der Waals surface area (Å²) in [4.78, 5) is 32.6. The number of halogens is 6. The van der Waals surface area contributed by atoms with E-state index in [1.165, 1.54) is 30.3 Å². The van der Waals surface area contributed by atoms with E-state index in [0.717, 1.165) is 12.1 Å². The molecule has 1 aliphatic rings. The van der Waals surface area contributed by atoms with E-state index >= 15 is 0 Å². The predicted octanol–water partition coefficient (Wildman–Crippen LogP) is 7.71. The highest BCUT2D eigenvalue weighted by atomic mass is 35.5. The van der Waals surface area contributed by atoms with Crippen molar-refractivity contribution in [2.24, 2.45) is 5.73 Å². The Morgan fingerprint density at radius 3 is 2.40 bits per heavy atom. The second-order valence-corrected chi connectivity index (χ2v) is 10.8. The van der Waals surface area contributed by atoms with Gasteiger partial charge in [-0.05, 0) is 65.7 Å². The van der Waals surface area contributed by atoms with Crippen LogP contribution in [0.15, 0.2) is 79.0 Å². The lowest BCUT2D eigenvalue weighted by molar-refractivity contribution is -0.137. The van der Waals surface area contributed by atoms with Gasteiger partial charge in [-0.2, -0.15) is 13.2 Å². The van der Waals surface area contributed by atoms with Crippen molar-refractivity contribution in [3.05, 3.63) is 129 Å². The number of primary amides is 1. The van der Waals surface area contributed by atoms with Gasteiger partial charge in [0.1, 0.15) is 17.4 Å². The summed E-state index contributed by atoms with van der Waals surface area (Å²) in [6, 6.07) is 14.3. The highest BCUT2D eigenvalue weighted by Crippen LogP contribution is 2.51. The number of hydrogen-bond donors (Lipinski definition) is 1. The zero-order valence-corrected chi connectivity index (χ0v) is 24.0. The van der Waals surface area contributed by atoms with Gasteiger partial charge in [0, 0.05) is 39.8 Å². The molecule has 2 heterocycles. The second-order valence-electron chi connectivity index (χ2n) is 10.4. The number of alkyl halides is 3. The van der Waals surface area contributed by atoms with Crippen LogP contribution in [-0.2, 0) is 12.7 Å². The molecule has 0 fully saturated rings. The molecule has 0 saturated carbocycles. The van der Waals surface area contributed by atoms with Crippen LogP contribution in [0.3, 0.4) is 0 Å². The standard InChI is InChI=1S/C33H21ClF5N3O3/c1-45-19-7-4-16(5-8-19)15-42-30(21-11-17(35)6-9-25(21)34)28-22(14-26-20(3-2-10-41-26)29(28)32(42)44)27-23(31(40)43)12-18(36)13-24(27)33(37,38)39/h2-14,30H,15H2,1H3,(H2,40,43). The van der Waals surface area contributed by atoms with Crippen molar-refractivity contribution in [2.45, 2.75) is 18.8 Å². The number of rotatable bonds is 6. The van der Waals surface area contributed by atoms with Gasteiger partial charge in [-0.1, -0.05) is 29.8 Å². The van der Waals surface area contributed by atoms with E-state index < -0.39 is 52.4 Å². The monoisotopic (exact) mass is 637 g/mol. The van der Waals surface area contributed by atoms with Crippen LogP contribution in [0.1, 0.15) is 49.0 Å². The molecule has 1 aliphatic heterocycles. The number of benzene rings is 4.